The van der Waals surface area contributed by atoms with Gasteiger partial charge in [-0.3, -0.25) is 0 Å². The summed E-state index contributed by atoms with van der Waals surface area (Å²) in [5, 5.41) is 14.3. The van der Waals surface area contributed by atoms with E-state index in [1.807, 2.05) is 0 Å². The molecule has 88 valence electrons. The van der Waals surface area contributed by atoms with Gasteiger partial charge in [-0.15, -0.1) is 5.10 Å². The second kappa shape index (κ2) is 4.93. The maximum Gasteiger partial charge on any atom is 0.116 e. The lowest BCUT2D eigenvalue weighted by molar-refractivity contribution is 0.171. The van der Waals surface area contributed by atoms with Crippen LogP contribution in [0.25, 0.3) is 0 Å². The van der Waals surface area contributed by atoms with E-state index in [9.17, 15) is 5.11 Å². The van der Waals surface area contributed by atoms with Gasteiger partial charge >= 0.3 is 0 Å². The number of hydrogen-bond donors (Lipinski definition) is 1. The van der Waals surface area contributed by atoms with Crippen LogP contribution in [0.3, 0.4) is 0 Å². The Morgan fingerprint density at radius 1 is 1.50 bits per heavy atom. The number of nitrogens with zero attached hydrogens (tertiary/aromatic N) is 2. The first-order valence-corrected chi connectivity index (χ1v) is 6.28. The summed E-state index contributed by atoms with van der Waals surface area (Å²) in [7, 11) is 0. The summed E-state index contributed by atoms with van der Waals surface area (Å²) in [6, 6.07) is 0. The van der Waals surface area contributed by atoms with Crippen molar-refractivity contribution in [2.75, 3.05) is 6.61 Å². The predicted molar refractivity (Wildman–Crippen MR) is 62.2 cm³/mol. The van der Waals surface area contributed by atoms with Crippen LogP contribution in [0.1, 0.15) is 49.3 Å². The molecular weight excluding hydrogens is 224 g/mol. The number of aliphatic hydroxyl groups is 1. The Balaban J connectivity index is 2.22. The topological polar surface area (TPSA) is 55.2 Å². The lowest BCUT2D eigenvalue weighted by Gasteiger charge is -2.18. The fourth-order valence-corrected chi connectivity index (χ4v) is 2.59. The molecule has 1 aromatic rings. The van der Waals surface area contributed by atoms with Gasteiger partial charge in [-0.1, -0.05) is 18.3 Å². The Morgan fingerprint density at radius 2 is 2.31 bits per heavy atom. The van der Waals surface area contributed by atoms with Crippen LogP contribution in [0.4, 0.5) is 0 Å². The Hall–Kier alpha value is -0.940. The zero-order valence-corrected chi connectivity index (χ0v) is 10.3. The first-order chi connectivity index (χ1) is 7.70. The number of aliphatic hydroxyl groups excluding tert-OH is 1. The van der Waals surface area contributed by atoms with E-state index in [1.54, 1.807) is 6.26 Å². The van der Waals surface area contributed by atoms with Crippen molar-refractivity contribution in [1.82, 2.24) is 9.59 Å². The van der Waals surface area contributed by atoms with Crippen molar-refractivity contribution in [1.29, 1.82) is 0 Å². The molecule has 16 heavy (non-hydrogen) atoms. The molecule has 0 radical (unpaired) electrons. The highest BCUT2D eigenvalue weighted by Crippen LogP contribution is 2.33. The third-order valence-corrected chi connectivity index (χ3v) is 3.44. The van der Waals surface area contributed by atoms with E-state index in [-0.39, 0.29) is 5.92 Å². The molecule has 1 unspecified atom stereocenters. The van der Waals surface area contributed by atoms with E-state index >= 15 is 0 Å². The zero-order chi connectivity index (χ0) is 11.5. The van der Waals surface area contributed by atoms with Gasteiger partial charge in [0.05, 0.1) is 23.4 Å². The highest BCUT2D eigenvalue weighted by atomic mass is 32.1. The summed E-state index contributed by atoms with van der Waals surface area (Å²) < 4.78 is 9.17. The predicted octanol–water partition coefficient (Wildman–Crippen LogP) is 2.39. The molecule has 0 saturated heterocycles. The van der Waals surface area contributed by atoms with Crippen molar-refractivity contribution in [2.45, 2.75) is 38.7 Å². The minimum atomic E-state index is -0.599. The van der Waals surface area contributed by atoms with Crippen LogP contribution in [-0.4, -0.2) is 21.3 Å². The van der Waals surface area contributed by atoms with Gasteiger partial charge in [0.25, 0.3) is 0 Å². The Morgan fingerprint density at radius 3 is 2.94 bits per heavy atom. The van der Waals surface area contributed by atoms with E-state index < -0.39 is 6.10 Å². The highest BCUT2D eigenvalue weighted by molar-refractivity contribution is 7.05. The summed E-state index contributed by atoms with van der Waals surface area (Å²) in [5.41, 5.74) is 1.82. The van der Waals surface area contributed by atoms with Crippen molar-refractivity contribution in [3.63, 3.8) is 0 Å². The van der Waals surface area contributed by atoms with E-state index in [4.69, 9.17) is 4.74 Å². The monoisotopic (exact) mass is 240 g/mol. The van der Waals surface area contributed by atoms with Crippen molar-refractivity contribution < 1.29 is 9.84 Å². The molecule has 1 aliphatic heterocycles. The van der Waals surface area contributed by atoms with E-state index in [0.717, 1.165) is 35.6 Å². The lowest BCUT2D eigenvalue weighted by Crippen LogP contribution is -2.09. The molecule has 0 fully saturated rings. The molecule has 2 rings (SSSR count). The standard InChI is InChI=1S/C11H16N2O2S/c1-7(2)9-11(16-13-12-9)10(14)8-4-3-5-15-6-8/h6-7,10,14H,3-5H2,1-2H3. The summed E-state index contributed by atoms with van der Waals surface area (Å²) in [6.45, 7) is 4.85. The van der Waals surface area contributed by atoms with Gasteiger partial charge in [-0.25, -0.2) is 0 Å². The molecule has 0 aliphatic carbocycles. The molecule has 4 nitrogen and oxygen atoms in total. The largest absolute Gasteiger partial charge is 0.501 e. The van der Waals surface area contributed by atoms with Crippen LogP contribution in [0.2, 0.25) is 0 Å². The lowest BCUT2D eigenvalue weighted by atomic mass is 9.99. The van der Waals surface area contributed by atoms with Gasteiger partial charge in [-0.2, -0.15) is 0 Å². The number of aromatic nitrogens is 2. The fraction of sp³-hybridized carbons (Fsp3) is 0.636. The molecule has 5 heteroatoms. The number of rotatable bonds is 3. The quantitative estimate of drug-likeness (QED) is 0.881. The van der Waals surface area contributed by atoms with Crippen molar-refractivity contribution >= 4 is 11.5 Å². The van der Waals surface area contributed by atoms with E-state index in [2.05, 4.69) is 23.4 Å². The normalized spacial score (nSPS) is 18.1. The fourth-order valence-electron chi connectivity index (χ4n) is 1.75. The minimum absolute atomic E-state index is 0.286. The summed E-state index contributed by atoms with van der Waals surface area (Å²) in [4.78, 5) is 0.853. The van der Waals surface area contributed by atoms with Crippen LogP contribution >= 0.6 is 11.5 Å². The summed E-state index contributed by atoms with van der Waals surface area (Å²) >= 11 is 1.27. The third-order valence-electron chi connectivity index (χ3n) is 2.65. The average molecular weight is 240 g/mol. The van der Waals surface area contributed by atoms with Gasteiger partial charge in [0, 0.05) is 0 Å². The molecule has 0 aromatic carbocycles. The van der Waals surface area contributed by atoms with Crippen molar-refractivity contribution in [3.8, 4) is 0 Å². The van der Waals surface area contributed by atoms with E-state index in [1.165, 1.54) is 11.5 Å². The summed E-state index contributed by atoms with van der Waals surface area (Å²) in [5.74, 6) is 0.286. The van der Waals surface area contributed by atoms with Crippen LogP contribution in [0.15, 0.2) is 11.8 Å². The smallest absolute Gasteiger partial charge is 0.116 e. The van der Waals surface area contributed by atoms with Crippen molar-refractivity contribution in [2.24, 2.45) is 0 Å². The zero-order valence-electron chi connectivity index (χ0n) is 9.51. The Labute approximate surface area is 99.1 Å². The third kappa shape index (κ3) is 2.25. The molecule has 0 amide bonds. The highest BCUT2D eigenvalue weighted by Gasteiger charge is 2.23. The minimum Gasteiger partial charge on any atom is -0.501 e. The van der Waals surface area contributed by atoms with Gasteiger partial charge in [0.1, 0.15) is 6.10 Å². The molecule has 0 bridgehead atoms. The Kier molecular flexibility index (Phi) is 3.56. The maximum absolute atomic E-state index is 10.2. The molecule has 2 heterocycles. The number of ether oxygens (including phenoxy) is 1. The van der Waals surface area contributed by atoms with Gasteiger partial charge in [0.2, 0.25) is 0 Å². The van der Waals surface area contributed by atoms with Gasteiger partial charge in [-0.05, 0) is 35.9 Å². The summed E-state index contributed by atoms with van der Waals surface area (Å²) in [6.07, 6.45) is 2.93. The maximum atomic E-state index is 10.2. The molecule has 1 aliphatic rings. The molecule has 0 saturated carbocycles. The SMILES string of the molecule is CC(C)c1nnsc1C(O)C1=COCCC1. The van der Waals surface area contributed by atoms with Crippen LogP contribution < -0.4 is 0 Å². The number of hydrogen-bond acceptors (Lipinski definition) is 5. The average Bonchev–Trinajstić information content (AvgIpc) is 2.78. The first kappa shape index (κ1) is 11.5. The molecular formula is C11H16N2O2S. The molecule has 1 atom stereocenters. The van der Waals surface area contributed by atoms with Crippen LogP contribution in [-0.2, 0) is 4.74 Å². The molecule has 0 spiro atoms. The molecule has 1 aromatic heterocycles. The second-order valence-electron chi connectivity index (χ2n) is 4.25. The van der Waals surface area contributed by atoms with Crippen LogP contribution in [0.5, 0.6) is 0 Å². The first-order valence-electron chi connectivity index (χ1n) is 5.51. The Bertz CT molecular complexity index is 387. The van der Waals surface area contributed by atoms with Crippen LogP contribution in [0, 0.1) is 0 Å². The van der Waals surface area contributed by atoms with E-state index in [0.29, 0.717) is 0 Å². The van der Waals surface area contributed by atoms with Gasteiger partial charge in [0.15, 0.2) is 0 Å². The molecule has 1 N–H and O–H groups in total. The van der Waals surface area contributed by atoms with Crippen molar-refractivity contribution in [3.05, 3.63) is 22.4 Å². The second-order valence-corrected chi connectivity index (χ2v) is 5.03. The van der Waals surface area contributed by atoms with Gasteiger partial charge < -0.3 is 9.84 Å².